The summed E-state index contributed by atoms with van der Waals surface area (Å²) in [6.45, 7) is 1.48. The molecular weight excluding hydrogens is 289 g/mol. The van der Waals surface area contributed by atoms with Gasteiger partial charge < -0.3 is 4.90 Å². The molecule has 0 spiro atoms. The number of rotatable bonds is 1. The van der Waals surface area contributed by atoms with Gasteiger partial charge in [-0.05, 0) is 40.5 Å². The van der Waals surface area contributed by atoms with E-state index in [1.54, 1.807) is 18.2 Å². The van der Waals surface area contributed by atoms with Crippen molar-refractivity contribution in [2.75, 3.05) is 13.1 Å². The number of benzene rings is 1. The third kappa shape index (κ3) is 2.47. The van der Waals surface area contributed by atoms with E-state index < -0.39 is 0 Å². The Kier molecular flexibility index (Phi) is 3.66. The summed E-state index contributed by atoms with van der Waals surface area (Å²) in [7, 11) is 0. The minimum Gasteiger partial charge on any atom is -0.335 e. The first-order valence-electron chi connectivity index (χ1n) is 5.08. The maximum atomic E-state index is 12.1. The van der Waals surface area contributed by atoms with Gasteiger partial charge in [0, 0.05) is 23.1 Å². The van der Waals surface area contributed by atoms with E-state index in [1.807, 2.05) is 11.0 Å². The summed E-state index contributed by atoms with van der Waals surface area (Å²) < 4.78 is 0.757. The SMILES string of the molecule is O=C(c1ccc(Cl)c(Br)c1)N1CC=CCC1. The first-order valence-corrected chi connectivity index (χ1v) is 6.25. The third-order valence-corrected chi connectivity index (χ3v) is 3.73. The van der Waals surface area contributed by atoms with Gasteiger partial charge in [-0.15, -0.1) is 0 Å². The normalized spacial score (nSPS) is 15.2. The molecule has 1 aromatic rings. The molecule has 0 saturated carbocycles. The number of hydrogen-bond donors (Lipinski definition) is 0. The minimum atomic E-state index is 0.0571. The van der Waals surface area contributed by atoms with Crippen LogP contribution in [0, 0.1) is 0 Å². The van der Waals surface area contributed by atoms with E-state index in [4.69, 9.17) is 11.6 Å². The number of amides is 1. The van der Waals surface area contributed by atoms with Crippen LogP contribution in [0.4, 0.5) is 0 Å². The van der Waals surface area contributed by atoms with Gasteiger partial charge in [0.2, 0.25) is 0 Å². The van der Waals surface area contributed by atoms with Crippen LogP contribution in [0.25, 0.3) is 0 Å². The van der Waals surface area contributed by atoms with Crippen molar-refractivity contribution in [1.82, 2.24) is 4.90 Å². The van der Waals surface area contributed by atoms with E-state index in [-0.39, 0.29) is 5.91 Å². The molecule has 1 aliphatic heterocycles. The van der Waals surface area contributed by atoms with Crippen molar-refractivity contribution in [3.8, 4) is 0 Å². The Bertz CT molecular complexity index is 445. The van der Waals surface area contributed by atoms with Gasteiger partial charge in [-0.2, -0.15) is 0 Å². The van der Waals surface area contributed by atoms with Gasteiger partial charge in [-0.3, -0.25) is 4.79 Å². The molecule has 0 saturated heterocycles. The molecule has 0 N–H and O–H groups in total. The number of carbonyl (C=O) groups excluding carboxylic acids is 1. The van der Waals surface area contributed by atoms with Gasteiger partial charge in [-0.25, -0.2) is 0 Å². The predicted molar refractivity (Wildman–Crippen MR) is 68.8 cm³/mol. The molecule has 16 heavy (non-hydrogen) atoms. The molecule has 0 aliphatic carbocycles. The second-order valence-electron chi connectivity index (χ2n) is 3.64. The lowest BCUT2D eigenvalue weighted by atomic mass is 10.1. The zero-order chi connectivity index (χ0) is 11.5. The maximum absolute atomic E-state index is 12.1. The molecular formula is C12H11BrClNO. The van der Waals surface area contributed by atoms with Crippen LogP contribution in [0.3, 0.4) is 0 Å². The number of halogens is 2. The summed E-state index contributed by atoms with van der Waals surface area (Å²) in [4.78, 5) is 13.9. The van der Waals surface area contributed by atoms with Crippen LogP contribution in [0.2, 0.25) is 5.02 Å². The molecule has 84 valence electrons. The van der Waals surface area contributed by atoms with Gasteiger partial charge in [0.05, 0.1) is 5.02 Å². The second-order valence-corrected chi connectivity index (χ2v) is 4.90. The lowest BCUT2D eigenvalue weighted by molar-refractivity contribution is 0.0771. The quantitative estimate of drug-likeness (QED) is 0.727. The van der Waals surface area contributed by atoms with Crippen LogP contribution < -0.4 is 0 Å². The van der Waals surface area contributed by atoms with Gasteiger partial charge >= 0.3 is 0 Å². The third-order valence-electron chi connectivity index (χ3n) is 2.51. The molecule has 0 aromatic heterocycles. The largest absolute Gasteiger partial charge is 0.335 e. The molecule has 0 atom stereocenters. The van der Waals surface area contributed by atoms with Crippen molar-refractivity contribution in [1.29, 1.82) is 0 Å². The van der Waals surface area contributed by atoms with E-state index in [1.165, 1.54) is 0 Å². The summed E-state index contributed by atoms with van der Waals surface area (Å²) in [5, 5.41) is 0.620. The monoisotopic (exact) mass is 299 g/mol. The van der Waals surface area contributed by atoms with Crippen molar-refractivity contribution in [2.45, 2.75) is 6.42 Å². The van der Waals surface area contributed by atoms with Crippen molar-refractivity contribution >= 4 is 33.4 Å². The highest BCUT2D eigenvalue weighted by atomic mass is 79.9. The Morgan fingerprint density at radius 1 is 1.38 bits per heavy atom. The Morgan fingerprint density at radius 2 is 2.19 bits per heavy atom. The molecule has 1 aliphatic rings. The van der Waals surface area contributed by atoms with E-state index in [2.05, 4.69) is 22.0 Å². The van der Waals surface area contributed by atoms with Crippen molar-refractivity contribution in [3.63, 3.8) is 0 Å². The Labute approximate surface area is 108 Å². The molecule has 2 rings (SSSR count). The molecule has 0 unspecified atom stereocenters. The summed E-state index contributed by atoms with van der Waals surface area (Å²) in [6, 6.07) is 5.26. The van der Waals surface area contributed by atoms with Gasteiger partial charge in [0.25, 0.3) is 5.91 Å². The van der Waals surface area contributed by atoms with Crippen LogP contribution in [-0.2, 0) is 0 Å². The molecule has 1 amide bonds. The number of nitrogens with zero attached hydrogens (tertiary/aromatic N) is 1. The van der Waals surface area contributed by atoms with Crippen LogP contribution >= 0.6 is 27.5 Å². The summed E-state index contributed by atoms with van der Waals surface area (Å²) in [5.41, 5.74) is 0.673. The highest BCUT2D eigenvalue weighted by Crippen LogP contribution is 2.24. The molecule has 1 aromatic carbocycles. The second kappa shape index (κ2) is 5.02. The van der Waals surface area contributed by atoms with Gasteiger partial charge in [0.1, 0.15) is 0 Å². The zero-order valence-corrected chi connectivity index (χ0v) is 11.0. The first-order chi connectivity index (χ1) is 7.68. The summed E-state index contributed by atoms with van der Waals surface area (Å²) in [5.74, 6) is 0.0571. The van der Waals surface area contributed by atoms with Crippen molar-refractivity contribution < 1.29 is 4.79 Å². The summed E-state index contributed by atoms with van der Waals surface area (Å²) in [6.07, 6.45) is 5.05. The molecule has 0 bridgehead atoms. The topological polar surface area (TPSA) is 20.3 Å². The predicted octanol–water partition coefficient (Wildman–Crippen LogP) is 3.50. The highest BCUT2D eigenvalue weighted by molar-refractivity contribution is 9.10. The Hall–Kier alpha value is -0.800. The van der Waals surface area contributed by atoms with Crippen LogP contribution in [0.1, 0.15) is 16.8 Å². The van der Waals surface area contributed by atoms with E-state index in [0.717, 1.165) is 17.4 Å². The first kappa shape index (κ1) is 11.7. The average Bonchev–Trinajstić information content (AvgIpc) is 2.33. The fourth-order valence-electron chi connectivity index (χ4n) is 1.64. The lowest BCUT2D eigenvalue weighted by Crippen LogP contribution is -2.33. The molecule has 0 fully saturated rings. The molecule has 2 nitrogen and oxygen atoms in total. The van der Waals surface area contributed by atoms with Crippen molar-refractivity contribution in [2.24, 2.45) is 0 Å². The Morgan fingerprint density at radius 3 is 2.81 bits per heavy atom. The van der Waals surface area contributed by atoms with Crippen molar-refractivity contribution in [3.05, 3.63) is 45.4 Å². The minimum absolute atomic E-state index is 0.0571. The number of carbonyl (C=O) groups is 1. The van der Waals surface area contributed by atoms with Crippen LogP contribution in [0.15, 0.2) is 34.8 Å². The average molecular weight is 301 g/mol. The summed E-state index contributed by atoms with van der Waals surface area (Å²) >= 11 is 9.21. The van der Waals surface area contributed by atoms with Gasteiger partial charge in [-0.1, -0.05) is 23.8 Å². The number of hydrogen-bond acceptors (Lipinski definition) is 1. The smallest absolute Gasteiger partial charge is 0.254 e. The van der Waals surface area contributed by atoms with E-state index in [0.29, 0.717) is 17.1 Å². The maximum Gasteiger partial charge on any atom is 0.254 e. The highest BCUT2D eigenvalue weighted by Gasteiger charge is 2.16. The zero-order valence-electron chi connectivity index (χ0n) is 8.62. The van der Waals surface area contributed by atoms with Crippen LogP contribution in [0.5, 0.6) is 0 Å². The fraction of sp³-hybridized carbons (Fsp3) is 0.250. The lowest BCUT2D eigenvalue weighted by Gasteiger charge is -2.23. The Balaban J connectivity index is 2.20. The fourth-order valence-corrected chi connectivity index (χ4v) is 2.13. The van der Waals surface area contributed by atoms with Gasteiger partial charge in [0.15, 0.2) is 0 Å². The van der Waals surface area contributed by atoms with E-state index in [9.17, 15) is 4.79 Å². The van der Waals surface area contributed by atoms with Crippen LogP contribution in [-0.4, -0.2) is 23.9 Å². The molecule has 0 radical (unpaired) electrons. The standard InChI is InChI=1S/C12H11BrClNO/c13-10-8-9(4-5-11(10)14)12(16)15-6-2-1-3-7-15/h1-2,4-5,8H,3,6-7H2. The van der Waals surface area contributed by atoms with E-state index >= 15 is 0 Å². The molecule has 1 heterocycles. The molecule has 4 heteroatoms.